The van der Waals surface area contributed by atoms with Crippen LogP contribution in [0.2, 0.25) is 5.02 Å². The average Bonchev–Trinajstić information content (AvgIpc) is 2.30. The predicted molar refractivity (Wildman–Crippen MR) is 74.1 cm³/mol. The van der Waals surface area contributed by atoms with E-state index in [1.807, 2.05) is 25.1 Å². The molecule has 0 aromatic heterocycles. The van der Waals surface area contributed by atoms with Crippen molar-refractivity contribution in [3.8, 4) is 5.75 Å². The van der Waals surface area contributed by atoms with Crippen LogP contribution in [0.5, 0.6) is 5.75 Å². The summed E-state index contributed by atoms with van der Waals surface area (Å²) in [4.78, 5) is 0. The molecule has 0 atom stereocenters. The van der Waals surface area contributed by atoms with Gasteiger partial charge in [-0.15, -0.1) is 0 Å². The molecule has 0 aliphatic heterocycles. The summed E-state index contributed by atoms with van der Waals surface area (Å²) in [5.74, 6) is 0.941. The van der Waals surface area contributed by atoms with E-state index in [2.05, 4.69) is 12.2 Å². The first kappa shape index (κ1) is 14.3. The Balaban J connectivity index is 2.14. The number of halogens is 1. The van der Waals surface area contributed by atoms with Crippen molar-refractivity contribution in [1.29, 1.82) is 0 Å². The van der Waals surface area contributed by atoms with Crippen LogP contribution in [0.25, 0.3) is 0 Å². The van der Waals surface area contributed by atoms with Crippen LogP contribution in [0.15, 0.2) is 18.2 Å². The highest BCUT2D eigenvalue weighted by Gasteiger charge is 1.99. The van der Waals surface area contributed by atoms with Gasteiger partial charge in [0.05, 0.1) is 6.61 Å². The van der Waals surface area contributed by atoms with Crippen molar-refractivity contribution in [1.82, 2.24) is 5.32 Å². The fourth-order valence-corrected chi connectivity index (χ4v) is 1.84. The summed E-state index contributed by atoms with van der Waals surface area (Å²) in [6.07, 6.45) is 3.44. The van der Waals surface area contributed by atoms with E-state index in [4.69, 9.17) is 16.3 Å². The summed E-state index contributed by atoms with van der Waals surface area (Å²) < 4.78 is 5.71. The van der Waals surface area contributed by atoms with Gasteiger partial charge in [0, 0.05) is 5.02 Å². The minimum atomic E-state index is 0.763. The number of unbranched alkanes of at least 4 members (excludes halogenated alkanes) is 1. The third-order valence-electron chi connectivity index (χ3n) is 2.57. The van der Waals surface area contributed by atoms with Crippen LogP contribution in [0, 0.1) is 6.92 Å². The minimum Gasteiger partial charge on any atom is -0.493 e. The molecule has 0 unspecified atom stereocenters. The molecular formula is C14H22ClNO. The van der Waals surface area contributed by atoms with E-state index in [-0.39, 0.29) is 0 Å². The molecule has 0 saturated carbocycles. The lowest BCUT2D eigenvalue weighted by atomic mass is 10.2. The normalized spacial score (nSPS) is 10.5. The molecule has 0 aliphatic carbocycles. The molecule has 2 nitrogen and oxygen atoms in total. The highest BCUT2D eigenvalue weighted by Crippen LogP contribution is 2.21. The second-order valence-electron chi connectivity index (χ2n) is 4.22. The molecule has 1 N–H and O–H groups in total. The van der Waals surface area contributed by atoms with Crippen molar-refractivity contribution in [2.45, 2.75) is 33.1 Å². The maximum absolute atomic E-state index is 5.89. The average molecular weight is 256 g/mol. The Morgan fingerprint density at radius 1 is 1.24 bits per heavy atom. The van der Waals surface area contributed by atoms with Gasteiger partial charge in [-0.05, 0) is 63.0 Å². The zero-order valence-corrected chi connectivity index (χ0v) is 11.5. The van der Waals surface area contributed by atoms with Crippen LogP contribution in [0.4, 0.5) is 0 Å². The van der Waals surface area contributed by atoms with Gasteiger partial charge in [0.15, 0.2) is 0 Å². The molecule has 96 valence electrons. The quantitative estimate of drug-likeness (QED) is 0.714. The standard InChI is InChI=1S/C14H22ClNO/c1-3-8-16-9-4-5-10-17-14-7-6-13(15)11-12(14)2/h6-7,11,16H,3-5,8-10H2,1-2H3. The third kappa shape index (κ3) is 5.94. The van der Waals surface area contributed by atoms with Crippen molar-refractivity contribution < 1.29 is 4.74 Å². The largest absolute Gasteiger partial charge is 0.493 e. The number of benzene rings is 1. The van der Waals surface area contributed by atoms with E-state index >= 15 is 0 Å². The molecule has 0 heterocycles. The van der Waals surface area contributed by atoms with Crippen LogP contribution < -0.4 is 10.1 Å². The summed E-state index contributed by atoms with van der Waals surface area (Å²) in [6.45, 7) is 7.16. The lowest BCUT2D eigenvalue weighted by Crippen LogP contribution is -2.16. The molecular weight excluding hydrogens is 234 g/mol. The number of rotatable bonds is 8. The zero-order valence-electron chi connectivity index (χ0n) is 10.8. The number of aryl methyl sites for hydroxylation is 1. The SMILES string of the molecule is CCCNCCCCOc1ccc(Cl)cc1C. The van der Waals surface area contributed by atoms with Crippen LogP contribution >= 0.6 is 11.6 Å². The van der Waals surface area contributed by atoms with Crippen molar-refractivity contribution in [2.24, 2.45) is 0 Å². The highest BCUT2D eigenvalue weighted by atomic mass is 35.5. The molecule has 0 amide bonds. The monoisotopic (exact) mass is 255 g/mol. The van der Waals surface area contributed by atoms with Gasteiger partial charge in [0.1, 0.15) is 5.75 Å². The Morgan fingerprint density at radius 3 is 2.76 bits per heavy atom. The van der Waals surface area contributed by atoms with E-state index in [0.717, 1.165) is 48.9 Å². The van der Waals surface area contributed by atoms with E-state index in [9.17, 15) is 0 Å². The molecule has 0 radical (unpaired) electrons. The number of ether oxygens (including phenoxy) is 1. The molecule has 0 spiro atoms. The molecule has 0 bridgehead atoms. The zero-order chi connectivity index (χ0) is 12.5. The summed E-state index contributed by atoms with van der Waals surface area (Å²) in [6, 6.07) is 5.74. The van der Waals surface area contributed by atoms with Gasteiger partial charge in [-0.25, -0.2) is 0 Å². The number of nitrogens with one attached hydrogen (secondary N) is 1. The van der Waals surface area contributed by atoms with Gasteiger partial charge in [-0.1, -0.05) is 18.5 Å². The van der Waals surface area contributed by atoms with E-state index in [1.54, 1.807) is 0 Å². The fourth-order valence-electron chi connectivity index (χ4n) is 1.61. The van der Waals surface area contributed by atoms with Gasteiger partial charge >= 0.3 is 0 Å². The van der Waals surface area contributed by atoms with Crippen molar-refractivity contribution in [3.05, 3.63) is 28.8 Å². The van der Waals surface area contributed by atoms with Gasteiger partial charge in [-0.2, -0.15) is 0 Å². The molecule has 1 aromatic rings. The molecule has 17 heavy (non-hydrogen) atoms. The molecule has 1 aromatic carbocycles. The Labute approximate surface area is 109 Å². The Morgan fingerprint density at radius 2 is 2.06 bits per heavy atom. The Bertz CT molecular complexity index is 328. The van der Waals surface area contributed by atoms with Crippen molar-refractivity contribution in [3.63, 3.8) is 0 Å². The smallest absolute Gasteiger partial charge is 0.122 e. The molecule has 0 saturated heterocycles. The second-order valence-corrected chi connectivity index (χ2v) is 4.65. The summed E-state index contributed by atoms with van der Waals surface area (Å²) >= 11 is 5.89. The van der Waals surface area contributed by atoms with Gasteiger partial charge in [0.25, 0.3) is 0 Å². The van der Waals surface area contributed by atoms with Crippen LogP contribution in [-0.4, -0.2) is 19.7 Å². The fraction of sp³-hybridized carbons (Fsp3) is 0.571. The summed E-state index contributed by atoms with van der Waals surface area (Å²) in [5, 5.41) is 4.14. The Hall–Kier alpha value is -0.730. The van der Waals surface area contributed by atoms with Gasteiger partial charge in [0.2, 0.25) is 0 Å². The second kappa shape index (κ2) is 8.37. The molecule has 1 rings (SSSR count). The first-order chi connectivity index (χ1) is 8.24. The maximum atomic E-state index is 5.89. The number of hydrogen-bond acceptors (Lipinski definition) is 2. The van der Waals surface area contributed by atoms with Gasteiger partial charge in [-0.3, -0.25) is 0 Å². The topological polar surface area (TPSA) is 21.3 Å². The van der Waals surface area contributed by atoms with Crippen LogP contribution in [0.1, 0.15) is 31.7 Å². The van der Waals surface area contributed by atoms with E-state index in [1.165, 1.54) is 6.42 Å². The maximum Gasteiger partial charge on any atom is 0.122 e. The van der Waals surface area contributed by atoms with E-state index < -0.39 is 0 Å². The molecule has 0 fully saturated rings. The van der Waals surface area contributed by atoms with Gasteiger partial charge < -0.3 is 10.1 Å². The number of hydrogen-bond donors (Lipinski definition) is 1. The first-order valence-electron chi connectivity index (χ1n) is 6.33. The van der Waals surface area contributed by atoms with E-state index in [0.29, 0.717) is 0 Å². The lowest BCUT2D eigenvalue weighted by molar-refractivity contribution is 0.304. The minimum absolute atomic E-state index is 0.763. The molecule has 3 heteroatoms. The van der Waals surface area contributed by atoms with Crippen molar-refractivity contribution >= 4 is 11.6 Å². The Kier molecular flexibility index (Phi) is 7.06. The predicted octanol–water partition coefficient (Wildman–Crippen LogP) is 3.81. The molecule has 0 aliphatic rings. The van der Waals surface area contributed by atoms with Crippen molar-refractivity contribution in [2.75, 3.05) is 19.7 Å². The van der Waals surface area contributed by atoms with Crippen LogP contribution in [-0.2, 0) is 0 Å². The lowest BCUT2D eigenvalue weighted by Gasteiger charge is -2.09. The first-order valence-corrected chi connectivity index (χ1v) is 6.71. The summed E-state index contributed by atoms with van der Waals surface area (Å²) in [7, 11) is 0. The highest BCUT2D eigenvalue weighted by molar-refractivity contribution is 6.30. The third-order valence-corrected chi connectivity index (χ3v) is 2.80. The van der Waals surface area contributed by atoms with Crippen LogP contribution in [0.3, 0.4) is 0 Å². The summed E-state index contributed by atoms with van der Waals surface area (Å²) in [5.41, 5.74) is 1.10.